The molecule has 4 nitrogen and oxygen atoms in total. The van der Waals surface area contributed by atoms with Gasteiger partial charge in [-0.3, -0.25) is 0 Å². The van der Waals surface area contributed by atoms with Crippen LogP contribution in [0, 0.1) is 5.92 Å². The van der Waals surface area contributed by atoms with E-state index in [0.29, 0.717) is 22.5 Å². The van der Waals surface area contributed by atoms with Crippen molar-refractivity contribution in [1.29, 1.82) is 0 Å². The number of nitrogens with one attached hydrogen (secondary N) is 1. The normalized spacial score (nSPS) is 22.2. The molecule has 0 amide bonds. The minimum absolute atomic E-state index is 0.223. The fourth-order valence-corrected chi connectivity index (χ4v) is 4.40. The van der Waals surface area contributed by atoms with E-state index in [4.69, 9.17) is 0 Å². The van der Waals surface area contributed by atoms with Crippen molar-refractivity contribution in [2.75, 3.05) is 18.1 Å². The number of benzene rings is 1. The zero-order valence-electron chi connectivity index (χ0n) is 9.89. The Kier molecular flexibility index (Phi) is 4.29. The lowest BCUT2D eigenvalue weighted by Crippen LogP contribution is -2.23. The maximum absolute atomic E-state index is 11.3. The Hall–Kier alpha value is -0.590. The molecule has 1 heterocycles. The Morgan fingerprint density at radius 3 is 2.83 bits per heavy atom. The van der Waals surface area contributed by atoms with E-state index in [2.05, 4.69) is 21.2 Å². The first kappa shape index (κ1) is 13.8. The van der Waals surface area contributed by atoms with Crippen molar-refractivity contribution in [3.63, 3.8) is 0 Å². The molecule has 1 saturated heterocycles. The van der Waals surface area contributed by atoms with Gasteiger partial charge < -0.3 is 10.4 Å². The van der Waals surface area contributed by atoms with E-state index >= 15 is 0 Å². The molecule has 2 N–H and O–H groups in total. The predicted molar refractivity (Wildman–Crippen MR) is 74.3 cm³/mol. The molecular formula is C12H16BrNO3S. The maximum Gasteiger partial charge on any atom is 0.150 e. The van der Waals surface area contributed by atoms with Gasteiger partial charge in [0.25, 0.3) is 0 Å². The smallest absolute Gasteiger partial charge is 0.150 e. The van der Waals surface area contributed by atoms with Gasteiger partial charge in [0.2, 0.25) is 0 Å². The molecule has 2 rings (SSSR count). The number of phenolic OH excluding ortho intramolecular Hbond substituents is 1. The van der Waals surface area contributed by atoms with Crippen LogP contribution in [0.2, 0.25) is 0 Å². The van der Waals surface area contributed by atoms with Gasteiger partial charge in [-0.15, -0.1) is 0 Å². The highest BCUT2D eigenvalue weighted by Crippen LogP contribution is 2.24. The van der Waals surface area contributed by atoms with Crippen LogP contribution in [0.5, 0.6) is 5.75 Å². The summed E-state index contributed by atoms with van der Waals surface area (Å²) in [5.41, 5.74) is 1.06. The molecule has 1 aliphatic heterocycles. The summed E-state index contributed by atoms with van der Waals surface area (Å²) in [4.78, 5) is 0. The Balaban J connectivity index is 1.80. The van der Waals surface area contributed by atoms with Crippen LogP contribution >= 0.6 is 15.9 Å². The summed E-state index contributed by atoms with van der Waals surface area (Å²) in [5, 5.41) is 12.6. The van der Waals surface area contributed by atoms with Gasteiger partial charge in [-0.1, -0.05) is 6.07 Å². The Bertz CT molecular complexity index is 530. The summed E-state index contributed by atoms with van der Waals surface area (Å²) in [7, 11) is -2.78. The third-order valence-corrected chi connectivity index (χ3v) is 5.57. The molecule has 18 heavy (non-hydrogen) atoms. The van der Waals surface area contributed by atoms with Crippen LogP contribution in [0.15, 0.2) is 22.7 Å². The average molecular weight is 334 g/mol. The monoisotopic (exact) mass is 333 g/mol. The first-order valence-corrected chi connectivity index (χ1v) is 8.46. The topological polar surface area (TPSA) is 66.4 Å². The third kappa shape index (κ3) is 3.70. The van der Waals surface area contributed by atoms with Gasteiger partial charge in [0, 0.05) is 6.54 Å². The van der Waals surface area contributed by atoms with E-state index < -0.39 is 9.84 Å². The molecule has 0 bridgehead atoms. The minimum atomic E-state index is -2.78. The van der Waals surface area contributed by atoms with Crippen LogP contribution in [0.4, 0.5) is 0 Å². The Morgan fingerprint density at radius 2 is 2.22 bits per heavy atom. The zero-order valence-corrected chi connectivity index (χ0v) is 12.3. The lowest BCUT2D eigenvalue weighted by Gasteiger charge is -2.10. The van der Waals surface area contributed by atoms with Crippen molar-refractivity contribution >= 4 is 25.8 Å². The molecule has 1 atom stereocenters. The van der Waals surface area contributed by atoms with Gasteiger partial charge >= 0.3 is 0 Å². The number of hydrogen-bond acceptors (Lipinski definition) is 4. The molecule has 1 fully saturated rings. The van der Waals surface area contributed by atoms with Crippen LogP contribution in [0.3, 0.4) is 0 Å². The van der Waals surface area contributed by atoms with Crippen molar-refractivity contribution in [3.8, 4) is 5.75 Å². The van der Waals surface area contributed by atoms with Gasteiger partial charge in [0.05, 0.1) is 16.0 Å². The number of hydrogen-bond donors (Lipinski definition) is 2. The molecule has 0 aliphatic carbocycles. The van der Waals surface area contributed by atoms with E-state index in [1.807, 2.05) is 12.1 Å². The van der Waals surface area contributed by atoms with Crippen molar-refractivity contribution in [2.45, 2.75) is 13.0 Å². The molecule has 0 spiro atoms. The molecule has 0 saturated carbocycles. The van der Waals surface area contributed by atoms with Gasteiger partial charge in [0.15, 0.2) is 9.84 Å². The van der Waals surface area contributed by atoms with E-state index in [0.717, 1.165) is 18.5 Å². The molecule has 0 aromatic heterocycles. The minimum Gasteiger partial charge on any atom is -0.507 e. The molecule has 1 unspecified atom stereocenters. The van der Waals surface area contributed by atoms with Crippen molar-refractivity contribution in [3.05, 3.63) is 28.2 Å². The maximum atomic E-state index is 11.3. The van der Waals surface area contributed by atoms with Crippen molar-refractivity contribution in [2.24, 2.45) is 5.92 Å². The summed E-state index contributed by atoms with van der Waals surface area (Å²) >= 11 is 3.26. The fourth-order valence-electron chi connectivity index (χ4n) is 2.11. The van der Waals surface area contributed by atoms with Gasteiger partial charge in [-0.25, -0.2) is 8.42 Å². The molecule has 1 aromatic rings. The SMILES string of the molecule is O=S1(=O)CCC(CNCc2ccc(O)c(Br)c2)C1. The number of halogens is 1. The Morgan fingerprint density at radius 1 is 1.44 bits per heavy atom. The Labute approximate surface area is 115 Å². The summed E-state index contributed by atoms with van der Waals surface area (Å²) in [6.07, 6.45) is 0.759. The van der Waals surface area contributed by atoms with Gasteiger partial charge in [0.1, 0.15) is 5.75 Å². The van der Waals surface area contributed by atoms with E-state index in [1.54, 1.807) is 6.07 Å². The van der Waals surface area contributed by atoms with Crippen LogP contribution < -0.4 is 5.32 Å². The number of rotatable bonds is 4. The second-order valence-electron chi connectivity index (χ2n) is 4.69. The van der Waals surface area contributed by atoms with Crippen molar-refractivity contribution < 1.29 is 13.5 Å². The molecule has 0 radical (unpaired) electrons. The standard InChI is InChI=1S/C12H16BrNO3S/c13-11-5-9(1-2-12(11)15)6-14-7-10-3-4-18(16,17)8-10/h1-2,5,10,14-15H,3-4,6-8H2. The molecule has 100 valence electrons. The summed E-state index contributed by atoms with van der Waals surface area (Å²) in [6, 6.07) is 5.34. The number of phenols is 1. The number of sulfone groups is 1. The first-order valence-electron chi connectivity index (χ1n) is 5.85. The average Bonchev–Trinajstić information content (AvgIpc) is 2.63. The number of aromatic hydroxyl groups is 1. The highest BCUT2D eigenvalue weighted by Gasteiger charge is 2.27. The quantitative estimate of drug-likeness (QED) is 0.879. The second kappa shape index (κ2) is 5.59. The lowest BCUT2D eigenvalue weighted by atomic mass is 10.1. The third-order valence-electron chi connectivity index (χ3n) is 3.10. The molecule has 1 aromatic carbocycles. The van der Waals surface area contributed by atoms with E-state index in [1.165, 1.54) is 0 Å². The van der Waals surface area contributed by atoms with E-state index in [-0.39, 0.29) is 11.7 Å². The molecule has 1 aliphatic rings. The summed E-state index contributed by atoms with van der Waals surface area (Å²) < 4.78 is 23.3. The van der Waals surface area contributed by atoms with E-state index in [9.17, 15) is 13.5 Å². The highest BCUT2D eigenvalue weighted by molar-refractivity contribution is 9.10. The van der Waals surface area contributed by atoms with Crippen LogP contribution in [0.1, 0.15) is 12.0 Å². The fraction of sp³-hybridized carbons (Fsp3) is 0.500. The summed E-state index contributed by atoms with van der Waals surface area (Å²) in [6.45, 7) is 1.40. The van der Waals surface area contributed by atoms with Crippen LogP contribution in [-0.2, 0) is 16.4 Å². The van der Waals surface area contributed by atoms with Crippen molar-refractivity contribution in [1.82, 2.24) is 5.32 Å². The first-order chi connectivity index (χ1) is 8.46. The highest BCUT2D eigenvalue weighted by atomic mass is 79.9. The summed E-state index contributed by atoms with van der Waals surface area (Å²) in [5.74, 6) is 1.08. The van der Waals surface area contributed by atoms with Crippen LogP contribution in [0.25, 0.3) is 0 Å². The van der Waals surface area contributed by atoms with Gasteiger partial charge in [-0.2, -0.15) is 0 Å². The molecular weight excluding hydrogens is 318 g/mol. The second-order valence-corrected chi connectivity index (χ2v) is 7.77. The zero-order chi connectivity index (χ0) is 13.2. The van der Waals surface area contributed by atoms with Crippen LogP contribution in [-0.4, -0.2) is 31.6 Å². The largest absolute Gasteiger partial charge is 0.507 e. The lowest BCUT2D eigenvalue weighted by molar-refractivity contribution is 0.471. The van der Waals surface area contributed by atoms with Gasteiger partial charge in [-0.05, 0) is 52.5 Å². The predicted octanol–water partition coefficient (Wildman–Crippen LogP) is 1.68. The molecule has 6 heteroatoms.